The van der Waals surface area contributed by atoms with E-state index in [2.05, 4.69) is 56.5 Å². The highest BCUT2D eigenvalue weighted by Crippen LogP contribution is 2.37. The van der Waals surface area contributed by atoms with Crippen LogP contribution >= 0.6 is 0 Å². The highest BCUT2D eigenvalue weighted by molar-refractivity contribution is 6.74. The lowest BCUT2D eigenvalue weighted by atomic mass is 9.87. The minimum atomic E-state index is -2.16. The van der Waals surface area contributed by atoms with Gasteiger partial charge in [-0.1, -0.05) is 85.4 Å². The van der Waals surface area contributed by atoms with Gasteiger partial charge in [0.1, 0.15) is 23.9 Å². The number of aliphatic carboxylic acids is 1. The van der Waals surface area contributed by atoms with Crippen LogP contribution in [0, 0.1) is 17.8 Å². The molecule has 0 spiro atoms. The molecule has 0 unspecified atom stereocenters. The highest BCUT2D eigenvalue weighted by Gasteiger charge is 2.40. The quantitative estimate of drug-likeness (QED) is 0.122. The third kappa shape index (κ3) is 12.3. The van der Waals surface area contributed by atoms with E-state index >= 15 is 0 Å². The Morgan fingerprint density at radius 1 is 1.08 bits per heavy atom. The van der Waals surface area contributed by atoms with Crippen molar-refractivity contribution in [3.63, 3.8) is 0 Å². The largest absolute Gasteiger partial charge is 0.543 e. The summed E-state index contributed by atoms with van der Waals surface area (Å²) in [6, 6.07) is 4.51. The van der Waals surface area contributed by atoms with Crippen molar-refractivity contribution in [1.82, 2.24) is 21.1 Å². The minimum absolute atomic E-state index is 0.0285. The zero-order valence-electron chi connectivity index (χ0n) is 32.4. The first-order chi connectivity index (χ1) is 23.8. The van der Waals surface area contributed by atoms with Crippen LogP contribution in [-0.2, 0) is 35.1 Å². The molecule has 0 aliphatic carbocycles. The molecule has 286 valence electrons. The third-order valence-corrected chi connectivity index (χ3v) is 14.4. The monoisotopic (exact) mass is 730 g/mol. The first-order valence-electron chi connectivity index (χ1n) is 17.8. The van der Waals surface area contributed by atoms with Crippen molar-refractivity contribution in [3.05, 3.63) is 54.6 Å². The normalized spacial score (nSPS) is 19.1. The fourth-order valence-corrected chi connectivity index (χ4v) is 6.90. The molecular formula is C38H62N4O8Si. The van der Waals surface area contributed by atoms with Gasteiger partial charge >= 0.3 is 5.97 Å². The summed E-state index contributed by atoms with van der Waals surface area (Å²) in [4.78, 5) is 53.5. The van der Waals surface area contributed by atoms with E-state index in [9.17, 15) is 24.3 Å². The van der Waals surface area contributed by atoms with Crippen LogP contribution in [0.1, 0.15) is 66.9 Å². The van der Waals surface area contributed by atoms with Gasteiger partial charge in [0.25, 0.3) is 5.91 Å². The number of hydrogen-bond acceptors (Lipinski definition) is 8. The van der Waals surface area contributed by atoms with Crippen molar-refractivity contribution >= 4 is 32.0 Å². The number of carboxylic acids is 1. The van der Waals surface area contributed by atoms with E-state index in [-0.39, 0.29) is 41.9 Å². The molecule has 13 heteroatoms. The number of amides is 3. The zero-order chi connectivity index (χ0) is 38.7. The summed E-state index contributed by atoms with van der Waals surface area (Å²) in [5.41, 5.74) is 3.57. The molecule has 0 aromatic heterocycles. The molecule has 2 rings (SSSR count). The van der Waals surface area contributed by atoms with Crippen LogP contribution in [0.3, 0.4) is 0 Å². The predicted octanol–water partition coefficient (Wildman–Crippen LogP) is 4.86. The van der Waals surface area contributed by atoms with Crippen LogP contribution in [0.2, 0.25) is 18.1 Å². The van der Waals surface area contributed by atoms with Gasteiger partial charge in [0.05, 0.1) is 18.1 Å². The van der Waals surface area contributed by atoms with Crippen molar-refractivity contribution in [2.45, 2.75) is 116 Å². The number of methoxy groups -OCH3 is 2. The number of carbonyl (C=O) groups is 4. The second kappa shape index (κ2) is 19.4. The maximum absolute atomic E-state index is 14.0. The van der Waals surface area contributed by atoms with Crippen molar-refractivity contribution in [2.24, 2.45) is 17.8 Å². The van der Waals surface area contributed by atoms with Gasteiger partial charge in [0, 0.05) is 33.1 Å². The molecule has 0 bridgehead atoms. The van der Waals surface area contributed by atoms with Crippen molar-refractivity contribution in [3.8, 4) is 5.75 Å². The number of carbonyl (C=O) groups excluding carboxylic acids is 3. The number of rotatable bonds is 18. The number of carboxylic acid groups (broad SMARTS) is 1. The zero-order valence-corrected chi connectivity index (χ0v) is 33.4. The lowest BCUT2D eigenvalue weighted by Crippen LogP contribution is -2.62. The van der Waals surface area contributed by atoms with E-state index in [0.717, 1.165) is 5.56 Å². The van der Waals surface area contributed by atoms with Crippen LogP contribution in [0.5, 0.6) is 5.75 Å². The van der Waals surface area contributed by atoms with Crippen LogP contribution < -0.4 is 20.5 Å². The van der Waals surface area contributed by atoms with Gasteiger partial charge < -0.3 is 29.6 Å². The summed E-state index contributed by atoms with van der Waals surface area (Å²) in [6.07, 6.45) is 5.37. The number of hydrazine groups is 1. The van der Waals surface area contributed by atoms with Crippen LogP contribution in [0.15, 0.2) is 49.1 Å². The van der Waals surface area contributed by atoms with E-state index in [4.69, 9.17) is 13.9 Å². The molecule has 0 saturated carbocycles. The van der Waals surface area contributed by atoms with Crippen molar-refractivity contribution in [2.75, 3.05) is 20.8 Å². The van der Waals surface area contributed by atoms with Crippen LogP contribution in [0.25, 0.3) is 0 Å². The van der Waals surface area contributed by atoms with Gasteiger partial charge in [0.15, 0.2) is 0 Å². The molecule has 51 heavy (non-hydrogen) atoms. The topological polar surface area (TPSA) is 156 Å². The minimum Gasteiger partial charge on any atom is -0.543 e. The summed E-state index contributed by atoms with van der Waals surface area (Å²) in [5.74, 6) is -2.97. The first-order valence-corrected chi connectivity index (χ1v) is 20.7. The van der Waals surface area contributed by atoms with Gasteiger partial charge in [-0.25, -0.2) is 5.43 Å². The lowest BCUT2D eigenvalue weighted by Gasteiger charge is -2.36. The Bertz CT molecular complexity index is 1380. The highest BCUT2D eigenvalue weighted by atomic mass is 28.4. The molecule has 4 N–H and O–H groups in total. The number of benzene rings is 1. The van der Waals surface area contributed by atoms with Crippen LogP contribution in [-0.4, -0.2) is 93.2 Å². The fourth-order valence-electron chi connectivity index (χ4n) is 5.88. The summed E-state index contributed by atoms with van der Waals surface area (Å²) in [7, 11) is 0.959. The van der Waals surface area contributed by atoms with Gasteiger partial charge in [0.2, 0.25) is 20.1 Å². The maximum Gasteiger partial charge on any atom is 0.322 e. The van der Waals surface area contributed by atoms with Gasteiger partial charge in [-0.2, -0.15) is 0 Å². The van der Waals surface area contributed by atoms with Gasteiger partial charge in [-0.15, -0.1) is 0 Å². The molecule has 1 saturated heterocycles. The van der Waals surface area contributed by atoms with E-state index in [0.29, 0.717) is 18.6 Å². The molecule has 1 fully saturated rings. The molecule has 7 atom stereocenters. The van der Waals surface area contributed by atoms with E-state index in [1.807, 2.05) is 51.1 Å². The molecule has 1 aromatic carbocycles. The Hall–Kier alpha value is -3.52. The van der Waals surface area contributed by atoms with Crippen molar-refractivity contribution < 1.29 is 38.2 Å². The maximum atomic E-state index is 14.0. The number of nitrogens with one attached hydrogen (secondary N) is 3. The van der Waals surface area contributed by atoms with Gasteiger partial charge in [-0.3, -0.25) is 24.2 Å². The fraction of sp³-hybridized carbons (Fsp3) is 0.632. The Kier molecular flexibility index (Phi) is 16.6. The lowest BCUT2D eigenvalue weighted by molar-refractivity contribution is -0.148. The molecular weight excluding hydrogens is 669 g/mol. The van der Waals surface area contributed by atoms with E-state index in [1.54, 1.807) is 26.2 Å². The third-order valence-electron chi connectivity index (χ3n) is 10.1. The second-order valence-electron chi connectivity index (χ2n) is 15.3. The molecule has 1 heterocycles. The van der Waals surface area contributed by atoms with Crippen molar-refractivity contribution in [1.29, 1.82) is 0 Å². The summed E-state index contributed by atoms with van der Waals surface area (Å²) >= 11 is 0. The van der Waals surface area contributed by atoms with E-state index < -0.39 is 56.2 Å². The predicted molar refractivity (Wildman–Crippen MR) is 201 cm³/mol. The Morgan fingerprint density at radius 2 is 1.75 bits per heavy atom. The molecule has 1 aromatic rings. The second-order valence-corrected chi connectivity index (χ2v) is 20.1. The Morgan fingerprint density at radius 3 is 2.29 bits per heavy atom. The molecule has 1 aliphatic heterocycles. The molecule has 12 nitrogen and oxygen atoms in total. The summed E-state index contributed by atoms with van der Waals surface area (Å²) in [6.45, 7) is 22.1. The average molecular weight is 731 g/mol. The Balaban J connectivity index is 2.38. The summed E-state index contributed by atoms with van der Waals surface area (Å²) in [5, 5.41) is 16.7. The Labute approximate surface area is 305 Å². The van der Waals surface area contributed by atoms with Crippen LogP contribution in [0.4, 0.5) is 0 Å². The van der Waals surface area contributed by atoms with Gasteiger partial charge in [-0.05, 0) is 54.6 Å². The first kappa shape index (κ1) is 43.6. The number of nitrogens with zero attached hydrogens (tertiary/aromatic N) is 1. The average Bonchev–Trinajstić information content (AvgIpc) is 3.06. The summed E-state index contributed by atoms with van der Waals surface area (Å²) < 4.78 is 17.9. The SMILES string of the molecule is C=CC=C[C@H](OC)[C@H](C)[C@@H](OC)[C@@H](C)C(=O)N[C@H](C(=O)N[C@@H](Cc1cccc(O[Si](C)(C)C(C)(C)C)c1)C(=O)N1CCC[C@@H](C(=O)O)N1)C(C)C. The number of ether oxygens (including phenoxy) is 2. The molecule has 1 aliphatic rings. The molecule has 0 radical (unpaired) electrons. The standard InChI is InChI=1S/C38H62N4O8Si/c1-13-14-20-31(48-9)25(4)33(49-10)26(5)34(43)40-32(24(2)3)35(44)39-30(36(45)42-21-16-19-29(41-42)37(46)47)23-27-17-15-18-28(22-27)50-51(11,12)38(6,7)8/h13-15,17-18,20,22,24-26,29-33,41H,1,16,19,21,23H2,2-12H3,(H,39,44)(H,40,43)(H,46,47)/t25-,26+,29-,30-,31-,32-,33+/m0/s1. The molecule has 3 amide bonds. The van der Waals surface area contributed by atoms with E-state index in [1.165, 1.54) is 12.1 Å². The number of allylic oxidation sites excluding steroid dienone is 2. The number of hydrogen-bond donors (Lipinski definition) is 4. The smallest absolute Gasteiger partial charge is 0.322 e.